The molecule has 5 rings (SSSR count). The molecule has 10 heteroatoms. The summed E-state index contributed by atoms with van der Waals surface area (Å²) >= 11 is 6.29. The minimum Gasteiger partial charge on any atom is -0.390 e. The van der Waals surface area contributed by atoms with Crippen LogP contribution in [0, 0.1) is 0 Å². The summed E-state index contributed by atoms with van der Waals surface area (Å²) in [5, 5.41) is 24.6. The maximum atomic E-state index is 9.84. The molecule has 3 heterocycles. The third-order valence-electron chi connectivity index (χ3n) is 5.66. The van der Waals surface area contributed by atoms with E-state index in [9.17, 15) is 5.11 Å². The van der Waals surface area contributed by atoms with Crippen molar-refractivity contribution in [1.82, 2.24) is 40.1 Å². The van der Waals surface area contributed by atoms with E-state index >= 15 is 0 Å². The van der Waals surface area contributed by atoms with E-state index in [0.29, 0.717) is 23.2 Å². The summed E-state index contributed by atoms with van der Waals surface area (Å²) in [7, 11) is 0. The van der Waals surface area contributed by atoms with Gasteiger partial charge in [0, 0.05) is 24.1 Å². The topological polar surface area (TPSA) is 121 Å². The van der Waals surface area contributed by atoms with Gasteiger partial charge in [0.05, 0.1) is 23.3 Å². The molecule has 0 aliphatic carbocycles. The van der Waals surface area contributed by atoms with Crippen LogP contribution in [-0.4, -0.2) is 45.2 Å². The number of aromatic amines is 2. The molecule has 0 amide bonds. The van der Waals surface area contributed by atoms with E-state index < -0.39 is 0 Å². The Morgan fingerprint density at radius 3 is 2.70 bits per heavy atom. The van der Waals surface area contributed by atoms with Crippen molar-refractivity contribution in [3.63, 3.8) is 0 Å². The Labute approximate surface area is 194 Å². The van der Waals surface area contributed by atoms with Gasteiger partial charge in [-0.05, 0) is 29.3 Å². The first-order chi connectivity index (χ1) is 16.2. The molecule has 3 N–H and O–H groups in total. The zero-order valence-corrected chi connectivity index (χ0v) is 18.8. The molecule has 33 heavy (non-hydrogen) atoms. The lowest BCUT2D eigenvalue weighted by Crippen LogP contribution is -2.09. The number of aliphatic hydroxyl groups excluding tert-OH is 1. The Hall–Kier alpha value is -3.56. The Morgan fingerprint density at radius 1 is 1.09 bits per heavy atom. The second-order valence-electron chi connectivity index (χ2n) is 7.83. The number of aromatic nitrogens is 8. The minimum atomic E-state index is -0.152. The van der Waals surface area contributed by atoms with Crippen molar-refractivity contribution in [2.45, 2.75) is 39.3 Å². The second kappa shape index (κ2) is 9.13. The number of H-pyrrole nitrogens is 2. The van der Waals surface area contributed by atoms with Gasteiger partial charge in [-0.25, -0.2) is 9.97 Å². The maximum absolute atomic E-state index is 9.84. The number of fused-ring (bicyclic) bond motifs is 1. The number of hydrogen-bond donors (Lipinski definition) is 3. The summed E-state index contributed by atoms with van der Waals surface area (Å²) in [5.74, 6) is 2.14. The van der Waals surface area contributed by atoms with Gasteiger partial charge in [-0.3, -0.25) is 0 Å². The molecular formula is C23H23ClN8O. The molecule has 168 valence electrons. The van der Waals surface area contributed by atoms with Crippen molar-refractivity contribution in [3.8, 4) is 22.8 Å². The van der Waals surface area contributed by atoms with Crippen molar-refractivity contribution in [2.24, 2.45) is 0 Å². The lowest BCUT2D eigenvalue weighted by Gasteiger charge is -2.11. The lowest BCUT2D eigenvalue weighted by molar-refractivity contribution is 0.271. The summed E-state index contributed by atoms with van der Waals surface area (Å²) in [4.78, 5) is 12.7. The van der Waals surface area contributed by atoms with Gasteiger partial charge in [-0.2, -0.15) is 5.21 Å². The number of unbranched alkanes of at least 4 members (excludes halogenated alkanes) is 1. The van der Waals surface area contributed by atoms with E-state index in [1.54, 1.807) is 0 Å². The number of benzene rings is 2. The van der Waals surface area contributed by atoms with Crippen LogP contribution in [0.3, 0.4) is 0 Å². The number of imidazole rings is 2. The fraction of sp³-hybridized carbons (Fsp3) is 0.261. The van der Waals surface area contributed by atoms with E-state index in [0.717, 1.165) is 58.6 Å². The molecule has 0 aliphatic rings. The predicted octanol–water partition coefficient (Wildman–Crippen LogP) is 4.14. The first-order valence-electron chi connectivity index (χ1n) is 10.8. The van der Waals surface area contributed by atoms with E-state index in [-0.39, 0.29) is 6.61 Å². The normalized spacial score (nSPS) is 11.5. The smallest absolute Gasteiger partial charge is 0.205 e. The zero-order valence-electron chi connectivity index (χ0n) is 18.1. The first kappa shape index (κ1) is 21.3. The summed E-state index contributed by atoms with van der Waals surface area (Å²) in [5.41, 5.74) is 5.20. The third-order valence-corrected chi connectivity index (χ3v) is 5.96. The monoisotopic (exact) mass is 462 g/mol. The second-order valence-corrected chi connectivity index (χ2v) is 8.19. The number of nitrogens with one attached hydrogen (secondary N) is 2. The van der Waals surface area contributed by atoms with Gasteiger partial charge in [0.2, 0.25) is 5.82 Å². The van der Waals surface area contributed by atoms with Gasteiger partial charge in [0.25, 0.3) is 0 Å². The van der Waals surface area contributed by atoms with Crippen molar-refractivity contribution >= 4 is 22.6 Å². The van der Waals surface area contributed by atoms with E-state index in [1.165, 1.54) is 0 Å². The predicted molar refractivity (Wildman–Crippen MR) is 126 cm³/mol. The number of hydrogen-bond acceptors (Lipinski definition) is 6. The van der Waals surface area contributed by atoms with Gasteiger partial charge >= 0.3 is 0 Å². The van der Waals surface area contributed by atoms with E-state index in [4.69, 9.17) is 16.6 Å². The van der Waals surface area contributed by atoms with Crippen LogP contribution in [0.1, 0.15) is 36.8 Å². The SMILES string of the molecule is CCCCc1nc(Cl)c(CO)n1Cc1ccc2nc(-c3ccccc3-c3nn[nH]n3)[nH]c2c1. The third kappa shape index (κ3) is 4.12. The van der Waals surface area contributed by atoms with Gasteiger partial charge in [0.1, 0.15) is 11.6 Å². The highest BCUT2D eigenvalue weighted by molar-refractivity contribution is 6.30. The number of rotatable bonds is 8. The number of nitrogens with zero attached hydrogens (tertiary/aromatic N) is 6. The highest BCUT2D eigenvalue weighted by Gasteiger charge is 2.17. The Balaban J connectivity index is 1.50. The quantitative estimate of drug-likeness (QED) is 0.318. The average molecular weight is 463 g/mol. The standard InChI is InChI=1S/C23H23ClN8O/c1-2-3-8-20-27-21(24)19(13-33)32(20)12-14-9-10-17-18(11-14)26-22(25-17)15-6-4-5-7-16(15)23-28-30-31-29-23/h4-7,9-11,33H,2-3,8,12-13H2,1H3,(H,25,26)(H,28,29,30,31). The fourth-order valence-corrected chi connectivity index (χ4v) is 4.25. The van der Waals surface area contributed by atoms with Gasteiger partial charge in [0.15, 0.2) is 5.15 Å². The molecule has 0 saturated heterocycles. The average Bonchev–Trinajstić information content (AvgIpc) is 3.57. The van der Waals surface area contributed by atoms with Crippen molar-refractivity contribution in [1.29, 1.82) is 0 Å². The van der Waals surface area contributed by atoms with Crippen molar-refractivity contribution in [2.75, 3.05) is 0 Å². The van der Waals surface area contributed by atoms with Crippen LogP contribution in [0.25, 0.3) is 33.8 Å². The van der Waals surface area contributed by atoms with Crippen LogP contribution in [0.4, 0.5) is 0 Å². The number of halogens is 1. The fourth-order valence-electron chi connectivity index (χ4n) is 3.99. The van der Waals surface area contributed by atoms with Gasteiger partial charge in [-0.1, -0.05) is 55.3 Å². The number of aryl methyl sites for hydroxylation is 1. The molecule has 2 aromatic carbocycles. The molecule has 0 saturated carbocycles. The minimum absolute atomic E-state index is 0.152. The molecule has 0 spiro atoms. The Bertz CT molecular complexity index is 1390. The van der Waals surface area contributed by atoms with E-state index in [1.807, 2.05) is 41.0 Å². The Morgan fingerprint density at radius 2 is 1.94 bits per heavy atom. The first-order valence-corrected chi connectivity index (χ1v) is 11.2. The summed E-state index contributed by atoms with van der Waals surface area (Å²) < 4.78 is 2.02. The van der Waals surface area contributed by atoms with Crippen LogP contribution >= 0.6 is 11.6 Å². The molecule has 0 radical (unpaired) electrons. The molecule has 0 fully saturated rings. The van der Waals surface area contributed by atoms with Crippen molar-refractivity contribution < 1.29 is 5.11 Å². The summed E-state index contributed by atoms with van der Waals surface area (Å²) in [6.07, 6.45) is 2.90. The Kier molecular flexibility index (Phi) is 5.89. The number of aliphatic hydroxyl groups is 1. The molecule has 9 nitrogen and oxygen atoms in total. The van der Waals surface area contributed by atoms with E-state index in [2.05, 4.69) is 43.6 Å². The molecule has 0 atom stereocenters. The molecule has 5 aromatic rings. The highest BCUT2D eigenvalue weighted by atomic mass is 35.5. The van der Waals surface area contributed by atoms with Gasteiger partial charge < -0.3 is 14.7 Å². The molecule has 0 unspecified atom stereocenters. The molecule has 3 aromatic heterocycles. The van der Waals surface area contributed by atoms with Gasteiger partial charge in [-0.15, -0.1) is 10.2 Å². The van der Waals surface area contributed by atoms with Crippen LogP contribution in [-0.2, 0) is 19.6 Å². The summed E-state index contributed by atoms with van der Waals surface area (Å²) in [6.45, 7) is 2.56. The van der Waals surface area contributed by atoms with Crippen LogP contribution in [0.2, 0.25) is 5.15 Å². The summed E-state index contributed by atoms with van der Waals surface area (Å²) in [6, 6.07) is 13.9. The maximum Gasteiger partial charge on any atom is 0.205 e. The molecule has 0 aliphatic heterocycles. The lowest BCUT2D eigenvalue weighted by atomic mass is 10.1. The zero-order chi connectivity index (χ0) is 22.8. The van der Waals surface area contributed by atoms with Crippen molar-refractivity contribution in [3.05, 3.63) is 64.7 Å². The molecule has 0 bridgehead atoms. The number of tetrazole rings is 1. The van der Waals surface area contributed by atoms with Crippen LogP contribution in [0.15, 0.2) is 42.5 Å². The largest absolute Gasteiger partial charge is 0.390 e. The van der Waals surface area contributed by atoms with Crippen LogP contribution in [0.5, 0.6) is 0 Å². The molecular weight excluding hydrogens is 440 g/mol. The van der Waals surface area contributed by atoms with Crippen LogP contribution < -0.4 is 0 Å². The highest BCUT2D eigenvalue weighted by Crippen LogP contribution is 2.30.